The maximum absolute atomic E-state index is 14.4. The maximum Gasteiger partial charge on any atom is 0.251 e. The molecule has 40 heavy (non-hydrogen) atoms. The summed E-state index contributed by atoms with van der Waals surface area (Å²) in [7, 11) is 0. The largest absolute Gasteiger partial charge is 0.396 e. The summed E-state index contributed by atoms with van der Waals surface area (Å²) in [4.78, 5) is 48.2. The van der Waals surface area contributed by atoms with E-state index in [2.05, 4.69) is 6.08 Å². The van der Waals surface area contributed by atoms with E-state index in [0.29, 0.717) is 36.8 Å². The Morgan fingerprint density at radius 1 is 0.925 bits per heavy atom. The molecule has 0 aliphatic carbocycles. The first-order valence-corrected chi connectivity index (χ1v) is 14.8. The maximum atomic E-state index is 14.4. The summed E-state index contributed by atoms with van der Waals surface area (Å²) in [6, 6.07) is 16.1. The second-order valence-corrected chi connectivity index (χ2v) is 13.3. The van der Waals surface area contributed by atoms with Crippen molar-refractivity contribution in [1.29, 1.82) is 0 Å². The fraction of sp³-hybridized carbons (Fsp3) is 0.387. The predicted molar refractivity (Wildman–Crippen MR) is 157 cm³/mol. The Balaban J connectivity index is 1.42. The third-order valence-electron chi connectivity index (χ3n) is 8.55. The van der Waals surface area contributed by atoms with E-state index < -0.39 is 27.4 Å². The molecule has 1 spiro atoms. The number of anilines is 1. The molecule has 1 unspecified atom stereocenters. The number of halogens is 1. The number of aliphatic hydroxyl groups excluding tert-OH is 1. The van der Waals surface area contributed by atoms with Crippen LogP contribution >= 0.6 is 23.4 Å². The number of carbonyl (C=O) groups excluding carboxylic acids is 3. The standard InChI is InChI=1S/C31H32ClN3O4S/c1-30-14-5-16-33(20-21-8-3-2-4-9-21)27(37)24(30)25-28(38)35(18-7-19-36)26-29(39)34(17-6-15-31(25,26)40-30)23-12-10-22(32)11-13-23/h2-6,8-15,24-26,36H,7,16-20H2,1H3/t24-,25+,26?,30+,31+/m1/s1. The molecule has 0 aromatic heterocycles. The minimum Gasteiger partial charge on any atom is -0.396 e. The van der Waals surface area contributed by atoms with Crippen LogP contribution in [0.3, 0.4) is 0 Å². The Labute approximate surface area is 243 Å². The zero-order valence-corrected chi connectivity index (χ0v) is 23.9. The molecule has 5 atom stereocenters. The molecular formula is C31H32ClN3O4S. The van der Waals surface area contributed by atoms with E-state index in [0.717, 1.165) is 5.56 Å². The first kappa shape index (κ1) is 27.1. The van der Waals surface area contributed by atoms with Gasteiger partial charge in [-0.1, -0.05) is 66.2 Å². The number of hydrogen-bond donors (Lipinski definition) is 1. The van der Waals surface area contributed by atoms with Crippen LogP contribution in [0, 0.1) is 11.8 Å². The normalized spacial score (nSPS) is 31.2. The molecule has 2 aromatic rings. The first-order chi connectivity index (χ1) is 19.3. The Bertz CT molecular complexity index is 1380. The van der Waals surface area contributed by atoms with Crippen molar-refractivity contribution in [3.8, 4) is 0 Å². The van der Waals surface area contributed by atoms with Gasteiger partial charge in [0.05, 0.1) is 16.6 Å². The molecule has 1 N–H and O–H groups in total. The molecule has 6 rings (SSSR count). The lowest BCUT2D eigenvalue weighted by atomic mass is 9.74. The van der Waals surface area contributed by atoms with Gasteiger partial charge in [-0.15, -0.1) is 11.8 Å². The first-order valence-electron chi connectivity index (χ1n) is 13.7. The Morgan fingerprint density at radius 2 is 1.65 bits per heavy atom. The summed E-state index contributed by atoms with van der Waals surface area (Å²) in [5.74, 6) is -1.79. The zero-order valence-electron chi connectivity index (χ0n) is 22.3. The fourth-order valence-electron chi connectivity index (χ4n) is 6.85. The Hall–Kier alpha value is -3.07. The lowest BCUT2D eigenvalue weighted by Crippen LogP contribution is -2.53. The van der Waals surface area contributed by atoms with Crippen molar-refractivity contribution in [1.82, 2.24) is 9.80 Å². The highest BCUT2D eigenvalue weighted by Crippen LogP contribution is 2.65. The number of aliphatic hydroxyl groups is 1. The Kier molecular flexibility index (Phi) is 7.05. The van der Waals surface area contributed by atoms with Crippen LogP contribution in [0.4, 0.5) is 5.69 Å². The zero-order chi connectivity index (χ0) is 28.1. The van der Waals surface area contributed by atoms with Crippen LogP contribution in [-0.4, -0.2) is 74.4 Å². The second-order valence-electron chi connectivity index (χ2n) is 11.0. The molecule has 208 valence electrons. The van der Waals surface area contributed by atoms with Gasteiger partial charge in [0, 0.05) is 48.2 Å². The number of amides is 3. The second kappa shape index (κ2) is 10.4. The summed E-state index contributed by atoms with van der Waals surface area (Å²) >= 11 is 7.68. The van der Waals surface area contributed by atoms with Gasteiger partial charge >= 0.3 is 0 Å². The smallest absolute Gasteiger partial charge is 0.251 e. The summed E-state index contributed by atoms with van der Waals surface area (Å²) < 4.78 is -1.58. The van der Waals surface area contributed by atoms with Crippen molar-refractivity contribution in [2.24, 2.45) is 11.8 Å². The summed E-state index contributed by atoms with van der Waals surface area (Å²) in [5, 5.41) is 10.2. The van der Waals surface area contributed by atoms with Crippen LogP contribution in [0.2, 0.25) is 5.02 Å². The SMILES string of the molecule is C[C@]12C=CCN(Cc3ccccc3)C(=O)[C@H]1[C@H]1C(=O)N(CCCO)C3C(=O)N(c4ccc(Cl)cc4)CC=C[C@@]31S2. The summed E-state index contributed by atoms with van der Waals surface area (Å²) in [6.45, 7) is 3.43. The molecule has 4 heterocycles. The van der Waals surface area contributed by atoms with Gasteiger partial charge in [0.2, 0.25) is 11.8 Å². The van der Waals surface area contributed by atoms with Crippen LogP contribution in [-0.2, 0) is 20.9 Å². The number of fused-ring (bicyclic) bond motifs is 2. The molecule has 2 aromatic carbocycles. The number of nitrogens with zero attached hydrogens (tertiary/aromatic N) is 3. The van der Waals surface area contributed by atoms with E-state index in [9.17, 15) is 19.5 Å². The van der Waals surface area contributed by atoms with Crippen molar-refractivity contribution >= 4 is 46.8 Å². The van der Waals surface area contributed by atoms with E-state index >= 15 is 0 Å². The van der Waals surface area contributed by atoms with Crippen molar-refractivity contribution in [2.75, 3.05) is 31.1 Å². The molecular weight excluding hydrogens is 546 g/mol. The fourth-order valence-corrected chi connectivity index (χ4v) is 9.14. The van der Waals surface area contributed by atoms with Crippen molar-refractivity contribution < 1.29 is 19.5 Å². The molecule has 4 aliphatic heterocycles. The summed E-state index contributed by atoms with van der Waals surface area (Å²) in [5.41, 5.74) is 1.72. The molecule has 2 saturated heterocycles. The monoisotopic (exact) mass is 577 g/mol. The number of likely N-dealkylation sites (tertiary alicyclic amines) is 1. The average Bonchev–Trinajstić information content (AvgIpc) is 3.21. The number of carbonyl (C=O) groups is 3. The quantitative estimate of drug-likeness (QED) is 0.527. The lowest BCUT2D eigenvalue weighted by Gasteiger charge is -2.36. The third kappa shape index (κ3) is 4.28. The molecule has 3 amide bonds. The van der Waals surface area contributed by atoms with E-state index in [1.807, 2.05) is 60.4 Å². The minimum absolute atomic E-state index is 0.0681. The van der Waals surface area contributed by atoms with Crippen molar-refractivity contribution in [3.05, 3.63) is 89.5 Å². The number of thioether (sulfide) groups is 1. The van der Waals surface area contributed by atoms with Crippen molar-refractivity contribution in [2.45, 2.75) is 35.4 Å². The molecule has 4 aliphatic rings. The third-order valence-corrected chi connectivity index (χ3v) is 10.6. The van der Waals surface area contributed by atoms with E-state index in [1.54, 1.807) is 45.8 Å². The van der Waals surface area contributed by atoms with E-state index in [-0.39, 0.29) is 30.9 Å². The number of rotatable bonds is 6. The predicted octanol–water partition coefficient (Wildman–Crippen LogP) is 3.91. The van der Waals surface area contributed by atoms with Crippen LogP contribution in [0.5, 0.6) is 0 Å². The molecule has 0 bridgehead atoms. The van der Waals surface area contributed by atoms with Gasteiger partial charge in [-0.3, -0.25) is 14.4 Å². The van der Waals surface area contributed by atoms with Crippen LogP contribution in [0.25, 0.3) is 0 Å². The highest BCUT2D eigenvalue weighted by atomic mass is 35.5. The average molecular weight is 578 g/mol. The lowest BCUT2D eigenvalue weighted by molar-refractivity contribution is -0.144. The number of benzene rings is 2. The molecule has 7 nitrogen and oxygen atoms in total. The summed E-state index contributed by atoms with van der Waals surface area (Å²) in [6.07, 6.45) is 8.42. The van der Waals surface area contributed by atoms with Gasteiger partial charge in [-0.05, 0) is 43.2 Å². The van der Waals surface area contributed by atoms with Gasteiger partial charge in [-0.25, -0.2) is 0 Å². The van der Waals surface area contributed by atoms with Gasteiger partial charge < -0.3 is 19.8 Å². The van der Waals surface area contributed by atoms with Gasteiger partial charge in [0.1, 0.15) is 6.04 Å². The van der Waals surface area contributed by atoms with Gasteiger partial charge in [0.25, 0.3) is 5.91 Å². The van der Waals surface area contributed by atoms with Gasteiger partial charge in [-0.2, -0.15) is 0 Å². The molecule has 0 radical (unpaired) electrons. The highest BCUT2D eigenvalue weighted by Gasteiger charge is 2.73. The van der Waals surface area contributed by atoms with Crippen LogP contribution in [0.15, 0.2) is 78.9 Å². The van der Waals surface area contributed by atoms with Crippen molar-refractivity contribution in [3.63, 3.8) is 0 Å². The molecule has 2 fully saturated rings. The van der Waals surface area contributed by atoms with E-state index in [4.69, 9.17) is 11.6 Å². The van der Waals surface area contributed by atoms with Crippen LogP contribution < -0.4 is 4.90 Å². The highest BCUT2D eigenvalue weighted by molar-refractivity contribution is 8.02. The molecule has 9 heteroatoms. The topological polar surface area (TPSA) is 81.2 Å². The Morgan fingerprint density at radius 3 is 2.38 bits per heavy atom. The van der Waals surface area contributed by atoms with Crippen LogP contribution in [0.1, 0.15) is 18.9 Å². The van der Waals surface area contributed by atoms with E-state index in [1.165, 1.54) is 0 Å². The van der Waals surface area contributed by atoms with Gasteiger partial charge in [0.15, 0.2) is 0 Å². The number of hydrogen-bond acceptors (Lipinski definition) is 5. The minimum atomic E-state index is -0.917. The molecule has 0 saturated carbocycles.